The number of hydrogen-bond acceptors (Lipinski definition) is 3. The second-order valence-electron chi connectivity index (χ2n) is 5.81. The number of aryl methyl sites for hydroxylation is 1. The van der Waals surface area contributed by atoms with Gasteiger partial charge in [-0.25, -0.2) is 4.98 Å². The van der Waals surface area contributed by atoms with Gasteiger partial charge in [-0.1, -0.05) is 23.7 Å². The molecule has 0 saturated carbocycles. The lowest BCUT2D eigenvalue weighted by Gasteiger charge is -2.17. The molecule has 1 saturated heterocycles. The smallest absolute Gasteiger partial charge is 0.223 e. The third kappa shape index (κ3) is 4.71. The standard InChI is InChI=1S/C18H18BrClN2O2/c19-14-5-6-17(21-11-14)24-16-8-9-22(12-16)18(23)7-4-13-2-1-3-15(20)10-13/h1-3,5-6,10-11,16H,4,7-9,12H2. The van der Waals surface area contributed by atoms with Crippen molar-refractivity contribution in [1.82, 2.24) is 9.88 Å². The largest absolute Gasteiger partial charge is 0.472 e. The summed E-state index contributed by atoms with van der Waals surface area (Å²) in [7, 11) is 0. The molecule has 0 aliphatic carbocycles. The number of benzene rings is 1. The SMILES string of the molecule is O=C(CCc1cccc(Cl)c1)N1CCC(Oc2ccc(Br)cn2)C1. The van der Waals surface area contributed by atoms with Crippen molar-refractivity contribution < 1.29 is 9.53 Å². The summed E-state index contributed by atoms with van der Waals surface area (Å²) in [5.74, 6) is 0.751. The van der Waals surface area contributed by atoms with Crippen LogP contribution in [0.4, 0.5) is 0 Å². The van der Waals surface area contributed by atoms with Crippen molar-refractivity contribution in [2.75, 3.05) is 13.1 Å². The molecule has 0 radical (unpaired) electrons. The first-order chi connectivity index (χ1) is 11.6. The molecule has 1 aliphatic rings. The molecule has 1 atom stereocenters. The fraction of sp³-hybridized carbons (Fsp3) is 0.333. The minimum absolute atomic E-state index is 0.00814. The molecule has 3 rings (SSSR count). The van der Waals surface area contributed by atoms with E-state index in [0.717, 1.165) is 23.0 Å². The summed E-state index contributed by atoms with van der Waals surface area (Å²) in [6.45, 7) is 1.35. The number of pyridine rings is 1. The lowest BCUT2D eigenvalue weighted by molar-refractivity contribution is -0.130. The number of hydrogen-bond donors (Lipinski definition) is 0. The zero-order valence-corrected chi connectivity index (χ0v) is 15.5. The van der Waals surface area contributed by atoms with Crippen LogP contribution in [0, 0.1) is 0 Å². The van der Waals surface area contributed by atoms with E-state index in [1.54, 1.807) is 6.20 Å². The fourth-order valence-electron chi connectivity index (χ4n) is 2.76. The molecule has 1 fully saturated rings. The van der Waals surface area contributed by atoms with Crippen molar-refractivity contribution >= 4 is 33.4 Å². The summed E-state index contributed by atoms with van der Waals surface area (Å²) in [5, 5.41) is 0.705. The quantitative estimate of drug-likeness (QED) is 0.746. The summed E-state index contributed by atoms with van der Waals surface area (Å²) >= 11 is 9.32. The minimum Gasteiger partial charge on any atom is -0.472 e. The summed E-state index contributed by atoms with van der Waals surface area (Å²) < 4.78 is 6.76. The van der Waals surface area contributed by atoms with Gasteiger partial charge in [-0.15, -0.1) is 0 Å². The predicted molar refractivity (Wildman–Crippen MR) is 97.3 cm³/mol. The van der Waals surface area contributed by atoms with Crippen LogP contribution in [0.5, 0.6) is 5.88 Å². The van der Waals surface area contributed by atoms with E-state index in [1.807, 2.05) is 41.3 Å². The Morgan fingerprint density at radius 2 is 2.25 bits per heavy atom. The molecule has 1 amide bonds. The second kappa shape index (κ2) is 7.99. The predicted octanol–water partition coefficient (Wildman–Crippen LogP) is 4.11. The first-order valence-electron chi connectivity index (χ1n) is 7.90. The zero-order valence-electron chi connectivity index (χ0n) is 13.1. The summed E-state index contributed by atoms with van der Waals surface area (Å²) in [4.78, 5) is 18.4. The van der Waals surface area contributed by atoms with Crippen LogP contribution in [0.25, 0.3) is 0 Å². The Hall–Kier alpha value is -1.59. The van der Waals surface area contributed by atoms with E-state index in [4.69, 9.17) is 16.3 Å². The van der Waals surface area contributed by atoms with Crippen LogP contribution >= 0.6 is 27.5 Å². The van der Waals surface area contributed by atoms with Crippen LogP contribution < -0.4 is 4.74 Å². The fourth-order valence-corrected chi connectivity index (χ4v) is 3.20. The molecule has 0 bridgehead atoms. The molecule has 126 valence electrons. The van der Waals surface area contributed by atoms with Gasteiger partial charge in [-0.3, -0.25) is 4.79 Å². The van der Waals surface area contributed by atoms with Crippen LogP contribution in [0.15, 0.2) is 47.1 Å². The molecule has 2 heterocycles. The highest BCUT2D eigenvalue weighted by atomic mass is 79.9. The van der Waals surface area contributed by atoms with Crippen LogP contribution in [0.2, 0.25) is 5.02 Å². The Balaban J connectivity index is 1.48. The number of carbonyl (C=O) groups is 1. The van der Waals surface area contributed by atoms with Gasteiger partial charge in [-0.05, 0) is 46.1 Å². The number of carbonyl (C=O) groups excluding carboxylic acids is 1. The Bertz CT molecular complexity index is 708. The minimum atomic E-state index is 0.00814. The van der Waals surface area contributed by atoms with E-state index in [-0.39, 0.29) is 12.0 Å². The normalized spacial score (nSPS) is 17.1. The van der Waals surface area contributed by atoms with Crippen molar-refractivity contribution in [3.8, 4) is 5.88 Å². The van der Waals surface area contributed by atoms with Crippen molar-refractivity contribution in [1.29, 1.82) is 0 Å². The third-order valence-electron chi connectivity index (χ3n) is 4.00. The monoisotopic (exact) mass is 408 g/mol. The van der Waals surface area contributed by atoms with Gasteiger partial charge in [0.25, 0.3) is 0 Å². The molecule has 1 aromatic carbocycles. The lowest BCUT2D eigenvalue weighted by atomic mass is 10.1. The van der Waals surface area contributed by atoms with Gasteiger partial charge >= 0.3 is 0 Å². The number of ether oxygens (including phenoxy) is 1. The maximum absolute atomic E-state index is 12.4. The highest BCUT2D eigenvalue weighted by Crippen LogP contribution is 2.19. The van der Waals surface area contributed by atoms with E-state index < -0.39 is 0 Å². The number of amides is 1. The first-order valence-corrected chi connectivity index (χ1v) is 9.08. The Kier molecular flexibility index (Phi) is 5.74. The molecule has 24 heavy (non-hydrogen) atoms. The maximum Gasteiger partial charge on any atom is 0.223 e. The molecule has 1 aliphatic heterocycles. The van der Waals surface area contributed by atoms with E-state index >= 15 is 0 Å². The van der Waals surface area contributed by atoms with Crippen molar-refractivity contribution in [3.05, 3.63) is 57.7 Å². The number of rotatable bonds is 5. The van der Waals surface area contributed by atoms with Gasteiger partial charge in [0.15, 0.2) is 0 Å². The van der Waals surface area contributed by atoms with Gasteiger partial charge < -0.3 is 9.64 Å². The highest BCUT2D eigenvalue weighted by Gasteiger charge is 2.27. The third-order valence-corrected chi connectivity index (χ3v) is 4.71. The molecule has 0 spiro atoms. The molecule has 2 aromatic rings. The first kappa shape index (κ1) is 17.2. The van der Waals surface area contributed by atoms with Crippen LogP contribution in [0.1, 0.15) is 18.4 Å². The number of nitrogens with zero attached hydrogens (tertiary/aromatic N) is 2. The number of halogens is 2. The Morgan fingerprint density at radius 1 is 1.38 bits per heavy atom. The average Bonchev–Trinajstić information content (AvgIpc) is 3.03. The van der Waals surface area contributed by atoms with Crippen molar-refractivity contribution in [3.63, 3.8) is 0 Å². The van der Waals surface area contributed by atoms with Crippen LogP contribution in [-0.2, 0) is 11.2 Å². The molecule has 4 nitrogen and oxygen atoms in total. The molecule has 6 heteroatoms. The van der Waals surface area contributed by atoms with Crippen LogP contribution in [0.3, 0.4) is 0 Å². The highest BCUT2D eigenvalue weighted by molar-refractivity contribution is 9.10. The van der Waals surface area contributed by atoms with E-state index in [9.17, 15) is 4.79 Å². The lowest BCUT2D eigenvalue weighted by Crippen LogP contribution is -2.31. The average molecular weight is 410 g/mol. The summed E-state index contributed by atoms with van der Waals surface area (Å²) in [6.07, 6.45) is 3.74. The molecule has 1 aromatic heterocycles. The summed E-state index contributed by atoms with van der Waals surface area (Å²) in [6, 6.07) is 11.4. The number of aromatic nitrogens is 1. The Morgan fingerprint density at radius 3 is 3.00 bits per heavy atom. The van der Waals surface area contributed by atoms with Gasteiger partial charge in [0, 0.05) is 41.1 Å². The van der Waals surface area contributed by atoms with Gasteiger partial charge in [-0.2, -0.15) is 0 Å². The van der Waals surface area contributed by atoms with Crippen LogP contribution in [-0.4, -0.2) is 35.0 Å². The Labute approximate surface area is 154 Å². The van der Waals surface area contributed by atoms with Gasteiger partial charge in [0.2, 0.25) is 11.8 Å². The molecular weight excluding hydrogens is 392 g/mol. The molecule has 1 unspecified atom stereocenters. The van der Waals surface area contributed by atoms with Crippen molar-refractivity contribution in [2.45, 2.75) is 25.4 Å². The van der Waals surface area contributed by atoms with E-state index in [2.05, 4.69) is 20.9 Å². The van der Waals surface area contributed by atoms with E-state index in [1.165, 1.54) is 0 Å². The topological polar surface area (TPSA) is 42.4 Å². The zero-order chi connectivity index (χ0) is 16.9. The summed E-state index contributed by atoms with van der Waals surface area (Å²) in [5.41, 5.74) is 1.09. The van der Waals surface area contributed by atoms with Crippen molar-refractivity contribution in [2.24, 2.45) is 0 Å². The van der Waals surface area contributed by atoms with Gasteiger partial charge in [0.1, 0.15) is 6.10 Å². The maximum atomic E-state index is 12.4. The van der Waals surface area contributed by atoms with E-state index in [0.29, 0.717) is 30.3 Å². The second-order valence-corrected chi connectivity index (χ2v) is 7.16. The molecule has 0 N–H and O–H groups in total. The number of likely N-dealkylation sites (tertiary alicyclic amines) is 1. The van der Waals surface area contributed by atoms with Gasteiger partial charge in [0.05, 0.1) is 6.54 Å². The molecular formula is C18H18BrClN2O2.